The summed E-state index contributed by atoms with van der Waals surface area (Å²) in [6.07, 6.45) is 1.67. The van der Waals surface area contributed by atoms with Gasteiger partial charge in [0.2, 0.25) is 17.7 Å². The van der Waals surface area contributed by atoms with Gasteiger partial charge >= 0.3 is 0 Å². The molecule has 3 amide bonds. The molecule has 3 heterocycles. The molecule has 1 spiro atoms. The van der Waals surface area contributed by atoms with Gasteiger partial charge < -0.3 is 25.4 Å². The first kappa shape index (κ1) is 23.7. The van der Waals surface area contributed by atoms with Crippen LogP contribution in [0.1, 0.15) is 45.6 Å². The van der Waals surface area contributed by atoms with Crippen LogP contribution in [0.25, 0.3) is 0 Å². The zero-order valence-corrected chi connectivity index (χ0v) is 19.8. The molecule has 8 heteroatoms. The number of benzene rings is 1. The Morgan fingerprint density at radius 2 is 1.91 bits per heavy atom. The van der Waals surface area contributed by atoms with E-state index in [-0.39, 0.29) is 30.2 Å². The zero-order valence-electron chi connectivity index (χ0n) is 19.8. The Morgan fingerprint density at radius 3 is 2.52 bits per heavy atom. The van der Waals surface area contributed by atoms with E-state index in [1.165, 1.54) is 4.90 Å². The second kappa shape index (κ2) is 8.72. The van der Waals surface area contributed by atoms with Crippen LogP contribution in [0.4, 0.5) is 0 Å². The molecule has 180 valence electrons. The second-order valence-electron chi connectivity index (χ2n) is 10.3. The van der Waals surface area contributed by atoms with Gasteiger partial charge in [0.05, 0.1) is 30.1 Å². The van der Waals surface area contributed by atoms with Crippen LogP contribution in [0, 0.1) is 17.8 Å². The summed E-state index contributed by atoms with van der Waals surface area (Å²) in [6, 6.07) is 8.15. The number of nitrogens with one attached hydrogen (secondary N) is 2. The molecule has 4 rings (SSSR count). The molecule has 1 aromatic carbocycles. The lowest BCUT2D eigenvalue weighted by molar-refractivity contribution is -0.150. The summed E-state index contributed by atoms with van der Waals surface area (Å²) in [5.41, 5.74) is -0.922. The fourth-order valence-corrected chi connectivity index (χ4v) is 6.31. The first-order valence-corrected chi connectivity index (χ1v) is 11.8. The third-order valence-corrected chi connectivity index (χ3v) is 7.65. The molecular weight excluding hydrogens is 422 g/mol. The van der Waals surface area contributed by atoms with Crippen LogP contribution in [0.3, 0.4) is 0 Å². The standard InChI is InChI=1S/C25H35N3O5/c1-15(2)12-17(14-29)28-20(22(31)27-13-16-8-6-5-7-9-16)25-11-10-24(3,33-25)18(21(30)26-4)19(25)23(28)32/h5-9,15,17-20,29H,10-14H2,1-4H3,(H,26,30)(H,27,31)/t17-,18+,19+,20?,24-,25?/m1/s1. The lowest BCUT2D eigenvalue weighted by Crippen LogP contribution is -2.58. The molecular formula is C25H35N3O5. The van der Waals surface area contributed by atoms with Crippen molar-refractivity contribution < 1.29 is 24.2 Å². The minimum atomic E-state index is -1.08. The molecule has 3 aliphatic heterocycles. The number of hydrogen-bond acceptors (Lipinski definition) is 5. The summed E-state index contributed by atoms with van der Waals surface area (Å²) >= 11 is 0. The molecule has 3 saturated heterocycles. The fraction of sp³-hybridized carbons (Fsp3) is 0.640. The van der Waals surface area contributed by atoms with E-state index in [1.807, 2.05) is 51.1 Å². The van der Waals surface area contributed by atoms with E-state index in [2.05, 4.69) is 10.6 Å². The molecule has 33 heavy (non-hydrogen) atoms. The van der Waals surface area contributed by atoms with Crippen LogP contribution in [0.5, 0.6) is 0 Å². The Balaban J connectivity index is 1.72. The van der Waals surface area contributed by atoms with E-state index in [4.69, 9.17) is 4.74 Å². The highest BCUT2D eigenvalue weighted by Gasteiger charge is 2.78. The van der Waals surface area contributed by atoms with Gasteiger partial charge in [-0.15, -0.1) is 0 Å². The highest BCUT2D eigenvalue weighted by Crippen LogP contribution is 2.63. The number of nitrogens with zero attached hydrogens (tertiary/aromatic N) is 1. The quantitative estimate of drug-likeness (QED) is 0.544. The minimum absolute atomic E-state index is 0.213. The number of carbonyl (C=O) groups excluding carboxylic acids is 3. The summed E-state index contributed by atoms with van der Waals surface area (Å²) in [4.78, 5) is 42.0. The number of hydrogen-bond donors (Lipinski definition) is 3. The highest BCUT2D eigenvalue weighted by molar-refractivity contribution is 5.99. The topological polar surface area (TPSA) is 108 Å². The average Bonchev–Trinajstić information content (AvgIpc) is 3.36. The van der Waals surface area contributed by atoms with Crippen molar-refractivity contribution in [1.29, 1.82) is 0 Å². The molecule has 3 fully saturated rings. The van der Waals surface area contributed by atoms with E-state index in [9.17, 15) is 19.5 Å². The smallest absolute Gasteiger partial charge is 0.246 e. The molecule has 3 N–H and O–H groups in total. The van der Waals surface area contributed by atoms with Gasteiger partial charge in [-0.1, -0.05) is 44.2 Å². The van der Waals surface area contributed by atoms with Gasteiger partial charge in [-0.3, -0.25) is 14.4 Å². The predicted octanol–water partition coefficient (Wildman–Crippen LogP) is 1.22. The van der Waals surface area contributed by atoms with Crippen LogP contribution in [-0.4, -0.2) is 64.7 Å². The molecule has 0 aromatic heterocycles. The van der Waals surface area contributed by atoms with Crippen LogP contribution < -0.4 is 10.6 Å². The Labute approximate surface area is 195 Å². The molecule has 2 unspecified atom stereocenters. The van der Waals surface area contributed by atoms with Gasteiger partial charge in [-0.05, 0) is 37.7 Å². The Hall–Kier alpha value is -2.45. The van der Waals surface area contributed by atoms with Crippen LogP contribution in [0.15, 0.2) is 30.3 Å². The van der Waals surface area contributed by atoms with E-state index in [1.54, 1.807) is 7.05 Å². The average molecular weight is 458 g/mol. The normalized spacial score (nSPS) is 33.3. The van der Waals surface area contributed by atoms with Gasteiger partial charge in [-0.25, -0.2) is 0 Å². The summed E-state index contributed by atoms with van der Waals surface area (Å²) in [5, 5.41) is 15.9. The lowest BCUT2D eigenvalue weighted by atomic mass is 9.66. The van der Waals surface area contributed by atoms with Gasteiger partial charge in [0, 0.05) is 13.6 Å². The molecule has 0 saturated carbocycles. The summed E-state index contributed by atoms with van der Waals surface area (Å²) in [6.45, 7) is 5.97. The molecule has 3 aliphatic rings. The number of fused-ring (bicyclic) bond motifs is 1. The third kappa shape index (κ3) is 3.73. The van der Waals surface area contributed by atoms with E-state index in [0.29, 0.717) is 25.8 Å². The molecule has 8 nitrogen and oxygen atoms in total. The zero-order chi connectivity index (χ0) is 24.0. The van der Waals surface area contributed by atoms with Gasteiger partial charge in [-0.2, -0.15) is 0 Å². The number of aliphatic hydroxyl groups excluding tert-OH is 1. The minimum Gasteiger partial charge on any atom is -0.394 e. The van der Waals surface area contributed by atoms with Crippen molar-refractivity contribution in [2.45, 2.75) is 69.9 Å². The molecule has 0 aliphatic carbocycles. The SMILES string of the molecule is CNC(=O)[C@@H]1[C@H]2C(=O)N([C@@H](CO)CC(C)C)C(C(=O)NCc3ccccc3)C23CC[C@@]1(C)O3. The Morgan fingerprint density at radius 1 is 1.21 bits per heavy atom. The van der Waals surface area contributed by atoms with Crippen molar-refractivity contribution >= 4 is 17.7 Å². The maximum atomic E-state index is 13.9. The van der Waals surface area contributed by atoms with Crippen molar-refractivity contribution in [3.63, 3.8) is 0 Å². The fourth-order valence-electron chi connectivity index (χ4n) is 6.31. The van der Waals surface area contributed by atoms with Crippen molar-refractivity contribution in [3.05, 3.63) is 35.9 Å². The van der Waals surface area contributed by atoms with Crippen molar-refractivity contribution in [2.75, 3.05) is 13.7 Å². The van der Waals surface area contributed by atoms with Crippen molar-refractivity contribution in [2.24, 2.45) is 17.8 Å². The highest BCUT2D eigenvalue weighted by atomic mass is 16.5. The monoisotopic (exact) mass is 457 g/mol. The summed E-state index contributed by atoms with van der Waals surface area (Å²) in [7, 11) is 1.56. The molecule has 1 aromatic rings. The van der Waals surface area contributed by atoms with Crippen LogP contribution >= 0.6 is 0 Å². The van der Waals surface area contributed by atoms with Crippen LogP contribution in [-0.2, 0) is 25.7 Å². The van der Waals surface area contributed by atoms with Gasteiger partial charge in [0.1, 0.15) is 11.6 Å². The third-order valence-electron chi connectivity index (χ3n) is 7.65. The number of carbonyl (C=O) groups is 3. The van der Waals surface area contributed by atoms with E-state index in [0.717, 1.165) is 5.56 Å². The Bertz CT molecular complexity index is 922. The first-order chi connectivity index (χ1) is 15.7. The van der Waals surface area contributed by atoms with Crippen LogP contribution in [0.2, 0.25) is 0 Å². The number of ether oxygens (including phenoxy) is 1. The molecule has 6 atom stereocenters. The first-order valence-electron chi connectivity index (χ1n) is 11.8. The van der Waals surface area contributed by atoms with E-state index < -0.39 is 35.1 Å². The van der Waals surface area contributed by atoms with Gasteiger partial charge in [0.15, 0.2) is 0 Å². The van der Waals surface area contributed by atoms with Crippen molar-refractivity contribution in [1.82, 2.24) is 15.5 Å². The number of aliphatic hydroxyl groups is 1. The number of likely N-dealkylation sites (tertiary alicyclic amines) is 1. The van der Waals surface area contributed by atoms with E-state index >= 15 is 0 Å². The molecule has 0 radical (unpaired) electrons. The summed E-state index contributed by atoms with van der Waals surface area (Å²) < 4.78 is 6.53. The maximum Gasteiger partial charge on any atom is 0.246 e. The van der Waals surface area contributed by atoms with Gasteiger partial charge in [0.25, 0.3) is 0 Å². The maximum absolute atomic E-state index is 13.9. The number of rotatable bonds is 8. The lowest BCUT2D eigenvalue weighted by Gasteiger charge is -2.37. The van der Waals surface area contributed by atoms with Crippen molar-refractivity contribution in [3.8, 4) is 0 Å². The second-order valence-corrected chi connectivity index (χ2v) is 10.3. The molecule has 2 bridgehead atoms. The number of amides is 3. The predicted molar refractivity (Wildman–Crippen MR) is 122 cm³/mol. The summed E-state index contributed by atoms with van der Waals surface area (Å²) in [5.74, 6) is -2.02. The largest absolute Gasteiger partial charge is 0.394 e. The Kier molecular flexibility index (Phi) is 6.26.